The Labute approximate surface area is 115 Å². The molecule has 0 aliphatic heterocycles. The lowest BCUT2D eigenvalue weighted by atomic mass is 10.2. The summed E-state index contributed by atoms with van der Waals surface area (Å²) < 4.78 is 5.79. The Kier molecular flexibility index (Phi) is 6.55. The highest BCUT2D eigenvalue weighted by Gasteiger charge is 2.02. The molecule has 0 aliphatic rings. The maximum Gasteiger partial charge on any atom is 0.307 e. The number of hydrogen-bond acceptors (Lipinski definition) is 3. The number of carbonyl (C=O) groups excluding carboxylic acids is 1. The highest BCUT2D eigenvalue weighted by atomic mass is 79.9. The Morgan fingerprint density at radius 1 is 1.53 bits per heavy atom. The summed E-state index contributed by atoms with van der Waals surface area (Å²) in [5.74, 6) is -0.171. The molecule has 0 atom stereocenters. The van der Waals surface area contributed by atoms with Gasteiger partial charge in [0.05, 0.1) is 13.0 Å². The summed E-state index contributed by atoms with van der Waals surface area (Å²) in [7, 11) is 0. The van der Waals surface area contributed by atoms with Gasteiger partial charge in [-0.3, -0.25) is 4.79 Å². The van der Waals surface area contributed by atoms with Crippen LogP contribution in [0.25, 0.3) is 0 Å². The summed E-state index contributed by atoms with van der Waals surface area (Å²) in [6.07, 6.45) is 0.388. The van der Waals surface area contributed by atoms with Crippen molar-refractivity contribution in [3.63, 3.8) is 0 Å². The van der Waals surface area contributed by atoms with Gasteiger partial charge in [-0.1, -0.05) is 33.6 Å². The first-order valence-electron chi connectivity index (χ1n) is 5.43. The maximum atomic E-state index is 11.1. The monoisotopic (exact) mass is 319 g/mol. The molecule has 0 saturated heterocycles. The molecule has 0 aliphatic carbocycles. The predicted octanol–water partition coefficient (Wildman–Crippen LogP) is 3.15. The van der Waals surface area contributed by atoms with E-state index in [1.807, 2.05) is 18.2 Å². The summed E-state index contributed by atoms with van der Waals surface area (Å²) in [5.41, 5.74) is 1.11. The van der Waals surface area contributed by atoms with Gasteiger partial charge in [0.15, 0.2) is 0 Å². The van der Waals surface area contributed by atoms with Crippen LogP contribution < -0.4 is 5.32 Å². The van der Waals surface area contributed by atoms with Crippen molar-refractivity contribution in [1.29, 1.82) is 0 Å². The van der Waals surface area contributed by atoms with Gasteiger partial charge < -0.3 is 10.1 Å². The molecule has 17 heavy (non-hydrogen) atoms. The SMILES string of the molecule is CCOC(=O)CCNCc1ccc(Cl)cc1Br. The molecule has 0 heterocycles. The standard InChI is InChI=1S/C12H15BrClNO2/c1-2-17-12(16)5-6-15-8-9-3-4-10(14)7-11(9)13/h3-4,7,15H,2,5-6,8H2,1H3. The van der Waals surface area contributed by atoms with Gasteiger partial charge in [-0.15, -0.1) is 0 Å². The van der Waals surface area contributed by atoms with Crippen LogP contribution in [0.3, 0.4) is 0 Å². The second-order valence-corrected chi connectivity index (χ2v) is 4.76. The van der Waals surface area contributed by atoms with Crippen molar-refractivity contribution in [2.24, 2.45) is 0 Å². The minimum Gasteiger partial charge on any atom is -0.466 e. The van der Waals surface area contributed by atoms with Crippen molar-refractivity contribution in [2.75, 3.05) is 13.2 Å². The molecule has 3 nitrogen and oxygen atoms in total. The van der Waals surface area contributed by atoms with E-state index in [9.17, 15) is 4.79 Å². The molecule has 1 rings (SSSR count). The fourth-order valence-corrected chi connectivity index (χ4v) is 2.13. The summed E-state index contributed by atoms with van der Waals surface area (Å²) in [4.78, 5) is 11.1. The number of carbonyl (C=O) groups is 1. The minimum absolute atomic E-state index is 0.171. The maximum absolute atomic E-state index is 11.1. The normalized spacial score (nSPS) is 10.3. The second-order valence-electron chi connectivity index (χ2n) is 3.47. The lowest BCUT2D eigenvalue weighted by Gasteiger charge is -2.07. The van der Waals surface area contributed by atoms with E-state index in [0.29, 0.717) is 31.1 Å². The van der Waals surface area contributed by atoms with Crippen LogP contribution in [-0.2, 0) is 16.1 Å². The Morgan fingerprint density at radius 3 is 2.94 bits per heavy atom. The number of rotatable bonds is 6. The first kappa shape index (κ1) is 14.5. The largest absolute Gasteiger partial charge is 0.466 e. The van der Waals surface area contributed by atoms with Crippen LogP contribution in [0.5, 0.6) is 0 Å². The molecule has 0 saturated carbocycles. The van der Waals surface area contributed by atoms with Crippen LogP contribution in [0.15, 0.2) is 22.7 Å². The quantitative estimate of drug-likeness (QED) is 0.646. The fraction of sp³-hybridized carbons (Fsp3) is 0.417. The molecular weight excluding hydrogens is 305 g/mol. The molecule has 94 valence electrons. The first-order valence-corrected chi connectivity index (χ1v) is 6.61. The van der Waals surface area contributed by atoms with Gasteiger partial charge in [0.1, 0.15) is 0 Å². The van der Waals surface area contributed by atoms with E-state index in [1.54, 1.807) is 6.92 Å². The summed E-state index contributed by atoms with van der Waals surface area (Å²) in [5, 5.41) is 3.88. The molecule has 0 aromatic heterocycles. The van der Waals surface area contributed by atoms with Gasteiger partial charge in [0.25, 0.3) is 0 Å². The van der Waals surface area contributed by atoms with Crippen LogP contribution in [0.1, 0.15) is 18.9 Å². The highest BCUT2D eigenvalue weighted by Crippen LogP contribution is 2.21. The van der Waals surface area contributed by atoms with E-state index in [-0.39, 0.29) is 5.97 Å². The van der Waals surface area contributed by atoms with Gasteiger partial charge in [0.2, 0.25) is 0 Å². The van der Waals surface area contributed by atoms with Gasteiger partial charge in [0, 0.05) is 22.6 Å². The summed E-state index contributed by atoms with van der Waals surface area (Å²) >= 11 is 9.28. The van der Waals surface area contributed by atoms with Crippen LogP contribution in [0.2, 0.25) is 5.02 Å². The van der Waals surface area contributed by atoms with Crippen LogP contribution >= 0.6 is 27.5 Å². The molecule has 0 unspecified atom stereocenters. The van der Waals surface area contributed by atoms with Crippen molar-refractivity contribution in [3.8, 4) is 0 Å². The van der Waals surface area contributed by atoms with E-state index < -0.39 is 0 Å². The Balaban J connectivity index is 2.29. The molecule has 0 radical (unpaired) electrons. The highest BCUT2D eigenvalue weighted by molar-refractivity contribution is 9.10. The Morgan fingerprint density at radius 2 is 2.29 bits per heavy atom. The van der Waals surface area contributed by atoms with Crippen molar-refractivity contribution in [3.05, 3.63) is 33.3 Å². The molecule has 1 N–H and O–H groups in total. The van der Waals surface area contributed by atoms with Crippen molar-refractivity contribution in [1.82, 2.24) is 5.32 Å². The zero-order valence-electron chi connectivity index (χ0n) is 9.63. The lowest BCUT2D eigenvalue weighted by Crippen LogP contribution is -2.19. The third-order valence-electron chi connectivity index (χ3n) is 2.14. The third-order valence-corrected chi connectivity index (χ3v) is 3.12. The number of ether oxygens (including phenoxy) is 1. The van der Waals surface area contributed by atoms with E-state index >= 15 is 0 Å². The number of esters is 1. The van der Waals surface area contributed by atoms with Crippen molar-refractivity contribution >= 4 is 33.5 Å². The third kappa shape index (κ3) is 5.52. The number of hydrogen-bond donors (Lipinski definition) is 1. The molecule has 5 heteroatoms. The van der Waals surface area contributed by atoms with E-state index in [4.69, 9.17) is 16.3 Å². The molecule has 0 fully saturated rings. The van der Waals surface area contributed by atoms with Crippen LogP contribution in [-0.4, -0.2) is 19.1 Å². The van der Waals surface area contributed by atoms with E-state index in [2.05, 4.69) is 21.2 Å². The molecule has 0 spiro atoms. The van der Waals surface area contributed by atoms with E-state index in [0.717, 1.165) is 10.0 Å². The van der Waals surface area contributed by atoms with Crippen molar-refractivity contribution in [2.45, 2.75) is 19.9 Å². The van der Waals surface area contributed by atoms with Crippen molar-refractivity contribution < 1.29 is 9.53 Å². The smallest absolute Gasteiger partial charge is 0.307 e. The molecule has 0 amide bonds. The van der Waals surface area contributed by atoms with Crippen LogP contribution in [0.4, 0.5) is 0 Å². The zero-order chi connectivity index (χ0) is 12.7. The van der Waals surface area contributed by atoms with E-state index in [1.165, 1.54) is 0 Å². The number of benzene rings is 1. The minimum atomic E-state index is -0.171. The fourth-order valence-electron chi connectivity index (χ4n) is 1.31. The summed E-state index contributed by atoms with van der Waals surface area (Å²) in [6.45, 7) is 3.53. The topological polar surface area (TPSA) is 38.3 Å². The predicted molar refractivity (Wildman–Crippen MR) is 72.1 cm³/mol. The summed E-state index contributed by atoms with van der Waals surface area (Å²) in [6, 6.07) is 5.64. The van der Waals surface area contributed by atoms with Gasteiger partial charge in [-0.05, 0) is 24.6 Å². The zero-order valence-corrected chi connectivity index (χ0v) is 12.0. The average Bonchev–Trinajstić information content (AvgIpc) is 2.27. The number of nitrogens with one attached hydrogen (secondary N) is 1. The van der Waals surface area contributed by atoms with Crippen LogP contribution in [0, 0.1) is 0 Å². The molecular formula is C12H15BrClNO2. The lowest BCUT2D eigenvalue weighted by molar-refractivity contribution is -0.142. The average molecular weight is 321 g/mol. The first-order chi connectivity index (χ1) is 8.13. The van der Waals surface area contributed by atoms with Gasteiger partial charge in [-0.2, -0.15) is 0 Å². The van der Waals surface area contributed by atoms with Gasteiger partial charge >= 0.3 is 5.97 Å². The Hall–Kier alpha value is -0.580. The molecule has 1 aromatic rings. The molecule has 1 aromatic carbocycles. The Bertz CT molecular complexity index is 385. The second kappa shape index (κ2) is 7.69. The molecule has 0 bridgehead atoms. The van der Waals surface area contributed by atoms with Gasteiger partial charge in [-0.25, -0.2) is 0 Å². The number of halogens is 2.